The number of hydrogen-bond acceptors (Lipinski definition) is 2. The highest BCUT2D eigenvalue weighted by Gasteiger charge is 2.35. The average Bonchev–Trinajstić information content (AvgIpc) is 1.82. The summed E-state index contributed by atoms with van der Waals surface area (Å²) in [7, 11) is 0. The zero-order valence-corrected chi connectivity index (χ0v) is 8.83. The van der Waals surface area contributed by atoms with Crippen LogP contribution in [-0.2, 0) is 4.79 Å². The average molecular weight is 184 g/mol. The van der Waals surface area contributed by atoms with Crippen LogP contribution in [0.5, 0.6) is 0 Å². The van der Waals surface area contributed by atoms with Gasteiger partial charge in [0, 0.05) is 17.2 Å². The third-order valence-corrected chi connectivity index (χ3v) is 2.92. The van der Waals surface area contributed by atoms with Crippen LogP contribution in [0, 0.1) is 11.3 Å². The molecule has 12 heavy (non-hydrogen) atoms. The Balaban J connectivity index is 2.77. The largest absolute Gasteiger partial charge is 0.299 e. The van der Waals surface area contributed by atoms with E-state index in [-0.39, 0.29) is 11.3 Å². The molecule has 0 bridgehead atoms. The highest BCUT2D eigenvalue weighted by atomic mass is 32.1. The molecule has 0 heterocycles. The molecular formula is C10H16OS. The molecule has 0 amide bonds. The van der Waals surface area contributed by atoms with Crippen molar-refractivity contribution in [3.05, 3.63) is 0 Å². The van der Waals surface area contributed by atoms with Gasteiger partial charge < -0.3 is 0 Å². The predicted octanol–water partition coefficient (Wildman–Crippen LogP) is 2.77. The maximum atomic E-state index is 11.6. The summed E-state index contributed by atoms with van der Waals surface area (Å²) >= 11 is 5.23. The smallest absolute Gasteiger partial charge is 0.141 e. The minimum absolute atomic E-state index is 0.0769. The second-order valence-corrected chi connectivity index (χ2v) is 4.94. The van der Waals surface area contributed by atoms with Crippen LogP contribution in [-0.4, -0.2) is 10.6 Å². The van der Waals surface area contributed by atoms with Gasteiger partial charge in [-0.15, -0.1) is 0 Å². The summed E-state index contributed by atoms with van der Waals surface area (Å²) in [6.45, 7) is 6.26. The van der Waals surface area contributed by atoms with Gasteiger partial charge in [0.25, 0.3) is 0 Å². The highest BCUT2D eigenvalue weighted by molar-refractivity contribution is 7.80. The molecule has 0 N–H and O–H groups in total. The summed E-state index contributed by atoms with van der Waals surface area (Å²) in [4.78, 5) is 12.5. The Bertz CT molecular complexity index is 198. The fraction of sp³-hybridized carbons (Fsp3) is 0.800. The molecule has 0 aromatic carbocycles. The highest BCUT2D eigenvalue weighted by Crippen LogP contribution is 2.35. The molecule has 0 aromatic rings. The SMILES string of the molecule is CCC1C(=O)CC(C)(C)CC1=S. The number of rotatable bonds is 1. The van der Waals surface area contributed by atoms with Gasteiger partial charge in [-0.3, -0.25) is 4.79 Å². The quantitative estimate of drug-likeness (QED) is 0.583. The maximum Gasteiger partial charge on any atom is 0.141 e. The number of ketones is 1. The molecule has 1 aliphatic rings. The molecule has 1 atom stereocenters. The van der Waals surface area contributed by atoms with Crippen LogP contribution in [0.25, 0.3) is 0 Å². The van der Waals surface area contributed by atoms with Crippen LogP contribution in [0.2, 0.25) is 0 Å². The van der Waals surface area contributed by atoms with E-state index in [4.69, 9.17) is 12.2 Å². The molecule has 0 radical (unpaired) electrons. The number of Topliss-reactive ketones (excluding diaryl/α,β-unsaturated/α-hetero) is 1. The summed E-state index contributed by atoms with van der Waals surface area (Å²) in [5.74, 6) is 0.423. The standard InChI is InChI=1S/C10H16OS/c1-4-7-8(11)5-10(2,3)6-9(7)12/h7H,4-6H2,1-3H3. The monoisotopic (exact) mass is 184 g/mol. The van der Waals surface area contributed by atoms with Gasteiger partial charge in [-0.05, 0) is 18.3 Å². The van der Waals surface area contributed by atoms with Gasteiger partial charge in [0.2, 0.25) is 0 Å². The van der Waals surface area contributed by atoms with Gasteiger partial charge in [-0.25, -0.2) is 0 Å². The Morgan fingerprint density at radius 3 is 2.50 bits per heavy atom. The van der Waals surface area contributed by atoms with Crippen LogP contribution >= 0.6 is 12.2 Å². The van der Waals surface area contributed by atoms with Gasteiger partial charge in [-0.1, -0.05) is 33.0 Å². The van der Waals surface area contributed by atoms with Crippen molar-refractivity contribution < 1.29 is 4.79 Å². The summed E-state index contributed by atoms with van der Waals surface area (Å²) < 4.78 is 0. The zero-order valence-electron chi connectivity index (χ0n) is 8.02. The van der Waals surface area contributed by atoms with Crippen molar-refractivity contribution in [2.75, 3.05) is 0 Å². The molecule has 0 aliphatic heterocycles. The second-order valence-electron chi connectivity index (χ2n) is 4.41. The Morgan fingerprint density at radius 2 is 2.08 bits per heavy atom. The molecule has 0 aromatic heterocycles. The van der Waals surface area contributed by atoms with E-state index < -0.39 is 0 Å². The van der Waals surface area contributed by atoms with Crippen LogP contribution < -0.4 is 0 Å². The third-order valence-electron chi connectivity index (χ3n) is 2.49. The normalized spacial score (nSPS) is 29.1. The number of thiocarbonyl (C=S) groups is 1. The van der Waals surface area contributed by atoms with Crippen molar-refractivity contribution in [3.8, 4) is 0 Å². The molecule has 1 rings (SSSR count). The first kappa shape index (κ1) is 9.85. The Morgan fingerprint density at radius 1 is 1.50 bits per heavy atom. The molecule has 1 aliphatic carbocycles. The lowest BCUT2D eigenvalue weighted by atomic mass is 9.71. The van der Waals surface area contributed by atoms with Gasteiger partial charge in [0.1, 0.15) is 5.78 Å². The maximum absolute atomic E-state index is 11.6. The summed E-state index contributed by atoms with van der Waals surface area (Å²) in [6.07, 6.45) is 2.52. The molecule has 2 heteroatoms. The fourth-order valence-electron chi connectivity index (χ4n) is 1.89. The Hall–Kier alpha value is -0.240. The van der Waals surface area contributed by atoms with Crippen molar-refractivity contribution >= 4 is 22.9 Å². The Labute approximate surface area is 79.5 Å². The van der Waals surface area contributed by atoms with Crippen molar-refractivity contribution in [1.29, 1.82) is 0 Å². The number of hydrogen-bond donors (Lipinski definition) is 0. The lowest BCUT2D eigenvalue weighted by Crippen LogP contribution is -2.36. The lowest BCUT2D eigenvalue weighted by Gasteiger charge is -2.33. The first-order valence-electron chi connectivity index (χ1n) is 4.52. The van der Waals surface area contributed by atoms with Gasteiger partial charge >= 0.3 is 0 Å². The molecule has 0 saturated heterocycles. The van der Waals surface area contributed by atoms with Crippen LogP contribution in [0.3, 0.4) is 0 Å². The minimum Gasteiger partial charge on any atom is -0.299 e. The van der Waals surface area contributed by atoms with E-state index in [0.717, 1.165) is 17.7 Å². The summed E-state index contributed by atoms with van der Waals surface area (Å²) in [6, 6.07) is 0. The van der Waals surface area contributed by atoms with E-state index in [1.165, 1.54) is 0 Å². The van der Waals surface area contributed by atoms with Crippen LogP contribution in [0.4, 0.5) is 0 Å². The van der Waals surface area contributed by atoms with E-state index in [0.29, 0.717) is 12.2 Å². The number of carbonyl (C=O) groups is 1. The van der Waals surface area contributed by atoms with Crippen molar-refractivity contribution in [2.24, 2.45) is 11.3 Å². The van der Waals surface area contributed by atoms with Gasteiger partial charge in [-0.2, -0.15) is 0 Å². The summed E-state index contributed by atoms with van der Waals surface area (Å²) in [5.41, 5.74) is 0.111. The van der Waals surface area contributed by atoms with Gasteiger partial charge in [0.05, 0.1) is 0 Å². The first-order chi connectivity index (χ1) is 5.46. The van der Waals surface area contributed by atoms with Crippen molar-refractivity contribution in [3.63, 3.8) is 0 Å². The van der Waals surface area contributed by atoms with Crippen LogP contribution in [0.15, 0.2) is 0 Å². The van der Waals surface area contributed by atoms with E-state index in [1.807, 2.05) is 6.92 Å². The lowest BCUT2D eigenvalue weighted by molar-refractivity contribution is -0.123. The molecule has 1 fully saturated rings. The summed E-state index contributed by atoms with van der Waals surface area (Å²) in [5, 5.41) is 0. The first-order valence-corrected chi connectivity index (χ1v) is 4.92. The molecule has 1 saturated carbocycles. The fourth-order valence-corrected chi connectivity index (χ4v) is 2.58. The van der Waals surface area contributed by atoms with Crippen molar-refractivity contribution in [2.45, 2.75) is 40.0 Å². The predicted molar refractivity (Wildman–Crippen MR) is 54.4 cm³/mol. The van der Waals surface area contributed by atoms with E-state index in [9.17, 15) is 4.79 Å². The molecule has 68 valence electrons. The topological polar surface area (TPSA) is 17.1 Å². The van der Waals surface area contributed by atoms with Crippen LogP contribution in [0.1, 0.15) is 40.0 Å². The van der Waals surface area contributed by atoms with Crippen molar-refractivity contribution in [1.82, 2.24) is 0 Å². The molecular weight excluding hydrogens is 168 g/mol. The minimum atomic E-state index is 0.0769. The van der Waals surface area contributed by atoms with Gasteiger partial charge in [0.15, 0.2) is 0 Å². The Kier molecular flexibility index (Phi) is 2.67. The molecule has 1 unspecified atom stereocenters. The van der Waals surface area contributed by atoms with E-state index >= 15 is 0 Å². The number of carbonyl (C=O) groups excluding carboxylic acids is 1. The van der Waals surface area contributed by atoms with E-state index in [2.05, 4.69) is 13.8 Å². The molecule has 0 spiro atoms. The van der Waals surface area contributed by atoms with E-state index in [1.54, 1.807) is 0 Å². The second kappa shape index (κ2) is 3.25. The zero-order chi connectivity index (χ0) is 9.35. The third kappa shape index (κ3) is 1.92. The molecule has 1 nitrogen and oxygen atoms in total.